The minimum Gasteiger partial charge on any atom is -0.376 e. The molecule has 1 saturated carbocycles. The van der Waals surface area contributed by atoms with Crippen LogP contribution in [0.1, 0.15) is 32.6 Å². The molecule has 2 amide bonds. The number of anilines is 1. The van der Waals surface area contributed by atoms with Crippen molar-refractivity contribution in [3.63, 3.8) is 0 Å². The van der Waals surface area contributed by atoms with Gasteiger partial charge in [-0.2, -0.15) is 0 Å². The minimum atomic E-state index is -0.209. The molecule has 5 heteroatoms. The van der Waals surface area contributed by atoms with Crippen LogP contribution >= 0.6 is 0 Å². The highest BCUT2D eigenvalue weighted by atomic mass is 16.5. The Morgan fingerprint density at radius 2 is 2.17 bits per heavy atom. The topological polar surface area (TPSA) is 63.2 Å². The zero-order valence-electron chi connectivity index (χ0n) is 14.1. The van der Waals surface area contributed by atoms with Crippen molar-refractivity contribution in [3.8, 4) is 0 Å². The van der Waals surface area contributed by atoms with Gasteiger partial charge in [-0.25, -0.2) is 4.79 Å². The summed E-state index contributed by atoms with van der Waals surface area (Å²) in [6.07, 6.45) is 8.80. The number of amides is 2. The first kappa shape index (κ1) is 16.7. The molecule has 2 N–H and O–H groups in total. The number of urea groups is 1. The molecule has 3 rings (SSSR count). The first-order valence-corrected chi connectivity index (χ1v) is 8.73. The van der Waals surface area contributed by atoms with Gasteiger partial charge in [0.1, 0.15) is 0 Å². The van der Waals surface area contributed by atoms with Crippen LogP contribution in [0.25, 0.3) is 10.8 Å². The fourth-order valence-electron chi connectivity index (χ4n) is 3.30. The Morgan fingerprint density at radius 3 is 3.04 bits per heavy atom. The monoisotopic (exact) mass is 327 g/mol. The number of hydrogen-bond acceptors (Lipinski definition) is 3. The first-order chi connectivity index (χ1) is 11.7. The minimum absolute atomic E-state index is 0.209. The Kier molecular flexibility index (Phi) is 5.64. The van der Waals surface area contributed by atoms with E-state index in [0.717, 1.165) is 22.9 Å². The summed E-state index contributed by atoms with van der Waals surface area (Å²) in [5, 5.41) is 7.74. The van der Waals surface area contributed by atoms with E-state index in [0.29, 0.717) is 25.2 Å². The zero-order chi connectivity index (χ0) is 16.8. The van der Waals surface area contributed by atoms with E-state index in [2.05, 4.69) is 22.5 Å². The number of benzene rings is 1. The molecule has 2 aromatic rings. The van der Waals surface area contributed by atoms with Gasteiger partial charge in [-0.05, 0) is 30.9 Å². The summed E-state index contributed by atoms with van der Waals surface area (Å²) in [6, 6.07) is 7.47. The molecule has 0 bridgehead atoms. The second-order valence-corrected chi connectivity index (χ2v) is 6.45. The van der Waals surface area contributed by atoms with E-state index in [1.165, 1.54) is 19.3 Å². The molecule has 5 nitrogen and oxygen atoms in total. The van der Waals surface area contributed by atoms with E-state index in [1.54, 1.807) is 12.4 Å². The van der Waals surface area contributed by atoms with E-state index >= 15 is 0 Å². The summed E-state index contributed by atoms with van der Waals surface area (Å²) in [7, 11) is 0. The van der Waals surface area contributed by atoms with Crippen LogP contribution in [0.2, 0.25) is 0 Å². The Labute approximate surface area is 142 Å². The molecule has 1 fully saturated rings. The Morgan fingerprint density at radius 1 is 1.29 bits per heavy atom. The summed E-state index contributed by atoms with van der Waals surface area (Å²) >= 11 is 0. The zero-order valence-corrected chi connectivity index (χ0v) is 14.1. The quantitative estimate of drug-likeness (QED) is 0.817. The van der Waals surface area contributed by atoms with Crippen LogP contribution in [0.5, 0.6) is 0 Å². The number of pyridine rings is 1. The number of rotatable bonds is 5. The Bertz CT molecular complexity index is 684. The van der Waals surface area contributed by atoms with Crippen molar-refractivity contribution in [2.45, 2.75) is 38.7 Å². The first-order valence-electron chi connectivity index (χ1n) is 8.73. The van der Waals surface area contributed by atoms with Gasteiger partial charge in [0.2, 0.25) is 0 Å². The maximum absolute atomic E-state index is 12.1. The van der Waals surface area contributed by atoms with Crippen molar-refractivity contribution in [2.75, 3.05) is 18.5 Å². The average Bonchev–Trinajstić information content (AvgIpc) is 2.60. The number of ether oxygens (including phenoxy) is 1. The van der Waals surface area contributed by atoms with Crippen LogP contribution in [-0.4, -0.2) is 30.3 Å². The lowest BCUT2D eigenvalue weighted by molar-refractivity contribution is -0.00232. The van der Waals surface area contributed by atoms with Gasteiger partial charge in [-0.15, -0.1) is 0 Å². The summed E-state index contributed by atoms with van der Waals surface area (Å²) in [6.45, 7) is 3.32. The largest absolute Gasteiger partial charge is 0.376 e. The predicted molar refractivity (Wildman–Crippen MR) is 96.1 cm³/mol. The molecule has 0 saturated heterocycles. The van der Waals surface area contributed by atoms with Gasteiger partial charge < -0.3 is 15.4 Å². The lowest BCUT2D eigenvalue weighted by Crippen LogP contribution is -2.34. The summed E-state index contributed by atoms with van der Waals surface area (Å²) in [4.78, 5) is 16.2. The van der Waals surface area contributed by atoms with Crippen molar-refractivity contribution in [3.05, 3.63) is 36.7 Å². The molecular weight excluding hydrogens is 302 g/mol. The van der Waals surface area contributed by atoms with Gasteiger partial charge >= 0.3 is 6.03 Å². The number of nitrogens with zero attached hydrogens (tertiary/aromatic N) is 1. The fraction of sp³-hybridized carbons (Fsp3) is 0.474. The van der Waals surface area contributed by atoms with Crippen LogP contribution < -0.4 is 10.6 Å². The smallest absolute Gasteiger partial charge is 0.319 e. The Balaban J connectivity index is 1.45. The molecule has 0 spiro atoms. The Hall–Kier alpha value is -2.14. The van der Waals surface area contributed by atoms with E-state index in [4.69, 9.17) is 4.74 Å². The summed E-state index contributed by atoms with van der Waals surface area (Å²) in [5.74, 6) is 0.622. The third kappa shape index (κ3) is 4.23. The van der Waals surface area contributed by atoms with Crippen molar-refractivity contribution in [1.29, 1.82) is 0 Å². The van der Waals surface area contributed by atoms with E-state index < -0.39 is 0 Å². The second kappa shape index (κ2) is 8.11. The number of aromatic nitrogens is 1. The van der Waals surface area contributed by atoms with Crippen molar-refractivity contribution < 1.29 is 9.53 Å². The number of hydrogen-bond donors (Lipinski definition) is 2. The van der Waals surface area contributed by atoms with E-state index in [1.807, 2.05) is 24.3 Å². The molecule has 2 atom stereocenters. The number of nitrogens with one attached hydrogen (secondary N) is 2. The highest BCUT2D eigenvalue weighted by Gasteiger charge is 2.21. The van der Waals surface area contributed by atoms with Crippen LogP contribution in [0.4, 0.5) is 10.5 Å². The highest BCUT2D eigenvalue weighted by Crippen LogP contribution is 2.26. The van der Waals surface area contributed by atoms with Crippen LogP contribution in [0.3, 0.4) is 0 Å². The van der Waals surface area contributed by atoms with E-state index in [-0.39, 0.29) is 6.03 Å². The number of carbonyl (C=O) groups is 1. The third-order valence-corrected chi connectivity index (χ3v) is 4.68. The molecule has 1 aromatic heterocycles. The van der Waals surface area contributed by atoms with Crippen LogP contribution in [-0.2, 0) is 4.74 Å². The van der Waals surface area contributed by atoms with Gasteiger partial charge in [-0.1, -0.05) is 31.9 Å². The van der Waals surface area contributed by atoms with Gasteiger partial charge in [0.05, 0.1) is 18.4 Å². The molecule has 24 heavy (non-hydrogen) atoms. The maximum atomic E-state index is 12.1. The molecule has 1 aliphatic carbocycles. The lowest BCUT2D eigenvalue weighted by Gasteiger charge is -2.28. The fourth-order valence-corrected chi connectivity index (χ4v) is 3.30. The molecule has 0 radical (unpaired) electrons. The number of fused-ring (bicyclic) bond motifs is 1. The number of carbonyl (C=O) groups excluding carboxylic acids is 1. The maximum Gasteiger partial charge on any atom is 0.319 e. The lowest BCUT2D eigenvalue weighted by atomic mass is 9.88. The molecular formula is C19H25N3O2. The predicted octanol–water partition coefficient (Wildman–Crippen LogP) is 3.95. The molecule has 1 aliphatic rings. The van der Waals surface area contributed by atoms with Crippen molar-refractivity contribution in [2.24, 2.45) is 5.92 Å². The third-order valence-electron chi connectivity index (χ3n) is 4.68. The highest BCUT2D eigenvalue weighted by molar-refractivity contribution is 6.01. The van der Waals surface area contributed by atoms with E-state index in [9.17, 15) is 4.79 Å². The molecule has 0 unspecified atom stereocenters. The standard InChI is InChI=1S/C19H25N3O2/c1-14-5-2-3-8-18(14)24-12-11-21-19(23)22-17-7-4-6-15-13-20-10-9-16(15)17/h4,6-7,9-10,13-14,18H,2-3,5,8,11-12H2,1H3,(H2,21,22,23)/t14-,18-/m0/s1. The van der Waals surface area contributed by atoms with Gasteiger partial charge in [0.25, 0.3) is 0 Å². The molecule has 128 valence electrons. The van der Waals surface area contributed by atoms with Gasteiger partial charge in [-0.3, -0.25) is 4.98 Å². The van der Waals surface area contributed by atoms with Crippen LogP contribution in [0.15, 0.2) is 36.7 Å². The van der Waals surface area contributed by atoms with Gasteiger partial charge in [0, 0.05) is 29.7 Å². The summed E-state index contributed by atoms with van der Waals surface area (Å²) in [5.41, 5.74) is 0.786. The molecule has 1 aromatic carbocycles. The van der Waals surface area contributed by atoms with Crippen molar-refractivity contribution >= 4 is 22.5 Å². The normalized spacial score (nSPS) is 20.7. The SMILES string of the molecule is C[C@H]1CCCC[C@@H]1OCCNC(=O)Nc1cccc2cnccc12. The summed E-state index contributed by atoms with van der Waals surface area (Å²) < 4.78 is 5.92. The molecule has 0 aliphatic heterocycles. The second-order valence-electron chi connectivity index (χ2n) is 6.45. The van der Waals surface area contributed by atoms with Crippen molar-refractivity contribution in [1.82, 2.24) is 10.3 Å². The molecule has 1 heterocycles. The average molecular weight is 327 g/mol. The van der Waals surface area contributed by atoms with Gasteiger partial charge in [0.15, 0.2) is 0 Å². The van der Waals surface area contributed by atoms with Crippen LogP contribution in [0, 0.1) is 5.92 Å².